The van der Waals surface area contributed by atoms with Crippen molar-refractivity contribution in [3.63, 3.8) is 0 Å². The van der Waals surface area contributed by atoms with Crippen molar-refractivity contribution < 1.29 is 14.7 Å². The first-order valence-electron chi connectivity index (χ1n) is 6.69. The molecule has 0 aromatic carbocycles. The summed E-state index contributed by atoms with van der Waals surface area (Å²) in [5.41, 5.74) is 0.957. The number of rotatable bonds is 4. The molecule has 1 aliphatic heterocycles. The minimum absolute atomic E-state index is 0.0898. The summed E-state index contributed by atoms with van der Waals surface area (Å²) in [6, 6.07) is 1.42. The number of carbonyl (C=O) groups excluding carboxylic acids is 1. The van der Waals surface area contributed by atoms with Gasteiger partial charge in [-0.3, -0.25) is 4.79 Å². The fourth-order valence-corrected chi connectivity index (χ4v) is 3.29. The second-order valence-electron chi connectivity index (χ2n) is 5.39. The van der Waals surface area contributed by atoms with Gasteiger partial charge in [-0.1, -0.05) is 0 Å². The first-order valence-corrected chi connectivity index (χ1v) is 7.63. The second-order valence-corrected chi connectivity index (χ2v) is 6.17. The average Bonchev–Trinajstić information content (AvgIpc) is 2.90. The van der Waals surface area contributed by atoms with E-state index in [-0.39, 0.29) is 11.9 Å². The van der Waals surface area contributed by atoms with E-state index in [9.17, 15) is 14.7 Å². The molecule has 2 rings (SSSR count). The number of thiophene rings is 1. The van der Waals surface area contributed by atoms with Gasteiger partial charge in [0.15, 0.2) is 0 Å². The molecule has 2 atom stereocenters. The molecule has 0 spiro atoms. The normalized spacial score (nSPS) is 23.1. The summed E-state index contributed by atoms with van der Waals surface area (Å²) in [7, 11) is 3.90. The maximum Gasteiger partial charge on any atom is 0.326 e. The molecule has 5 nitrogen and oxygen atoms in total. The van der Waals surface area contributed by atoms with E-state index < -0.39 is 12.0 Å². The second kappa shape index (κ2) is 6.37. The lowest BCUT2D eigenvalue weighted by atomic mass is 9.95. The molecule has 110 valence electrons. The van der Waals surface area contributed by atoms with Crippen LogP contribution in [0, 0.1) is 0 Å². The molecule has 6 heteroatoms. The van der Waals surface area contributed by atoms with Gasteiger partial charge in [-0.15, -0.1) is 0 Å². The van der Waals surface area contributed by atoms with Crippen LogP contribution in [-0.2, 0) is 16.0 Å². The maximum absolute atomic E-state index is 12.3. The third kappa shape index (κ3) is 3.37. The van der Waals surface area contributed by atoms with Gasteiger partial charge >= 0.3 is 5.97 Å². The number of aliphatic carboxylic acids is 1. The maximum atomic E-state index is 12.3. The van der Waals surface area contributed by atoms with Crippen LogP contribution >= 0.6 is 11.3 Å². The molecule has 0 saturated carbocycles. The molecule has 20 heavy (non-hydrogen) atoms. The molecule has 0 aliphatic carbocycles. The van der Waals surface area contributed by atoms with Crippen LogP contribution in [0.4, 0.5) is 0 Å². The number of carboxylic acids is 1. The SMILES string of the molecule is CN(C)C1CCN(C(=O)Cc2ccsc2)C(C(=O)O)C1. The predicted molar refractivity (Wildman–Crippen MR) is 77.9 cm³/mol. The summed E-state index contributed by atoms with van der Waals surface area (Å²) in [6.07, 6.45) is 1.61. The molecule has 1 saturated heterocycles. The standard InChI is InChI=1S/C14H20N2O3S/c1-15(2)11-3-5-16(12(8-11)14(18)19)13(17)7-10-4-6-20-9-10/h4,6,9,11-12H,3,5,7-8H2,1-2H3,(H,18,19). The van der Waals surface area contributed by atoms with E-state index in [4.69, 9.17) is 0 Å². The highest BCUT2D eigenvalue weighted by atomic mass is 32.1. The molecule has 1 N–H and O–H groups in total. The molecular formula is C14H20N2O3S. The van der Waals surface area contributed by atoms with E-state index in [0.29, 0.717) is 19.4 Å². The van der Waals surface area contributed by atoms with Crippen molar-refractivity contribution in [3.8, 4) is 0 Å². The van der Waals surface area contributed by atoms with E-state index in [1.807, 2.05) is 35.8 Å². The smallest absolute Gasteiger partial charge is 0.326 e. The van der Waals surface area contributed by atoms with Crippen LogP contribution < -0.4 is 0 Å². The number of nitrogens with zero attached hydrogens (tertiary/aromatic N) is 2. The largest absolute Gasteiger partial charge is 0.480 e. The number of hydrogen-bond donors (Lipinski definition) is 1. The molecule has 1 amide bonds. The quantitative estimate of drug-likeness (QED) is 0.909. The Kier molecular flexibility index (Phi) is 4.77. The summed E-state index contributed by atoms with van der Waals surface area (Å²) in [4.78, 5) is 27.3. The average molecular weight is 296 g/mol. The van der Waals surface area contributed by atoms with Crippen molar-refractivity contribution in [3.05, 3.63) is 22.4 Å². The van der Waals surface area contributed by atoms with Gasteiger partial charge in [0.2, 0.25) is 5.91 Å². The Morgan fingerprint density at radius 1 is 1.50 bits per heavy atom. The van der Waals surface area contributed by atoms with Crippen LogP contribution in [0.1, 0.15) is 18.4 Å². The third-order valence-corrected chi connectivity index (χ3v) is 4.58. The van der Waals surface area contributed by atoms with Crippen LogP contribution in [0.5, 0.6) is 0 Å². The number of carboxylic acid groups (broad SMARTS) is 1. The van der Waals surface area contributed by atoms with Crippen molar-refractivity contribution >= 4 is 23.2 Å². The van der Waals surface area contributed by atoms with E-state index in [1.165, 1.54) is 4.90 Å². The van der Waals surface area contributed by atoms with E-state index in [2.05, 4.69) is 0 Å². The molecule has 0 radical (unpaired) electrons. The number of amides is 1. The van der Waals surface area contributed by atoms with Gasteiger partial charge in [-0.05, 0) is 49.3 Å². The fraction of sp³-hybridized carbons (Fsp3) is 0.571. The van der Waals surface area contributed by atoms with Crippen LogP contribution in [0.15, 0.2) is 16.8 Å². The van der Waals surface area contributed by atoms with Crippen molar-refractivity contribution in [1.29, 1.82) is 0 Å². The lowest BCUT2D eigenvalue weighted by Gasteiger charge is -2.39. The van der Waals surface area contributed by atoms with Crippen LogP contribution in [0.25, 0.3) is 0 Å². The Labute approximate surface area is 122 Å². The molecule has 1 aliphatic rings. The molecule has 2 unspecified atom stereocenters. The van der Waals surface area contributed by atoms with Gasteiger partial charge in [0, 0.05) is 12.6 Å². The van der Waals surface area contributed by atoms with Gasteiger partial charge in [0.1, 0.15) is 6.04 Å². The number of piperidine rings is 1. The molecule has 2 heterocycles. The van der Waals surface area contributed by atoms with Gasteiger partial charge in [0.25, 0.3) is 0 Å². The zero-order chi connectivity index (χ0) is 14.7. The Morgan fingerprint density at radius 2 is 2.25 bits per heavy atom. The summed E-state index contributed by atoms with van der Waals surface area (Å²) >= 11 is 1.55. The van der Waals surface area contributed by atoms with Crippen LogP contribution in [-0.4, -0.2) is 59.5 Å². The number of carbonyl (C=O) groups is 2. The van der Waals surface area contributed by atoms with Crippen molar-refractivity contribution in [2.24, 2.45) is 0 Å². The van der Waals surface area contributed by atoms with Crippen LogP contribution in [0.3, 0.4) is 0 Å². The Hall–Kier alpha value is -1.40. The summed E-state index contributed by atoms with van der Waals surface area (Å²) in [6.45, 7) is 0.517. The molecular weight excluding hydrogens is 276 g/mol. The fourth-order valence-electron chi connectivity index (χ4n) is 2.62. The monoisotopic (exact) mass is 296 g/mol. The highest BCUT2D eigenvalue weighted by Crippen LogP contribution is 2.22. The molecule has 0 bridgehead atoms. The zero-order valence-corrected chi connectivity index (χ0v) is 12.6. The lowest BCUT2D eigenvalue weighted by Crippen LogP contribution is -2.54. The lowest BCUT2D eigenvalue weighted by molar-refractivity contribution is -0.153. The van der Waals surface area contributed by atoms with Gasteiger partial charge in [-0.25, -0.2) is 4.79 Å². The van der Waals surface area contributed by atoms with E-state index >= 15 is 0 Å². The Morgan fingerprint density at radius 3 is 2.80 bits per heavy atom. The molecule has 1 aromatic rings. The van der Waals surface area contributed by atoms with E-state index in [0.717, 1.165) is 12.0 Å². The molecule has 1 fully saturated rings. The summed E-state index contributed by atoms with van der Waals surface area (Å²) in [5.74, 6) is -0.997. The highest BCUT2D eigenvalue weighted by Gasteiger charge is 2.36. The van der Waals surface area contributed by atoms with Crippen molar-refractivity contribution in [2.75, 3.05) is 20.6 Å². The first-order chi connectivity index (χ1) is 9.49. The summed E-state index contributed by atoms with van der Waals surface area (Å²) in [5, 5.41) is 13.2. The van der Waals surface area contributed by atoms with Crippen molar-refractivity contribution in [2.45, 2.75) is 31.3 Å². The molecule has 1 aromatic heterocycles. The topological polar surface area (TPSA) is 60.9 Å². The number of likely N-dealkylation sites (tertiary alicyclic amines) is 1. The van der Waals surface area contributed by atoms with Crippen molar-refractivity contribution in [1.82, 2.24) is 9.80 Å². The van der Waals surface area contributed by atoms with E-state index in [1.54, 1.807) is 11.3 Å². The predicted octanol–water partition coefficient (Wildman–Crippen LogP) is 1.30. The van der Waals surface area contributed by atoms with Gasteiger partial charge < -0.3 is 14.9 Å². The zero-order valence-electron chi connectivity index (χ0n) is 11.8. The highest BCUT2D eigenvalue weighted by molar-refractivity contribution is 7.07. The first kappa shape index (κ1) is 15.0. The Bertz CT molecular complexity index is 473. The minimum Gasteiger partial charge on any atom is -0.480 e. The summed E-state index contributed by atoms with van der Waals surface area (Å²) < 4.78 is 0. The van der Waals surface area contributed by atoms with Gasteiger partial charge in [0.05, 0.1) is 6.42 Å². The Balaban J connectivity index is 2.05. The minimum atomic E-state index is -0.907. The van der Waals surface area contributed by atoms with Gasteiger partial charge in [-0.2, -0.15) is 11.3 Å². The number of hydrogen-bond acceptors (Lipinski definition) is 4. The van der Waals surface area contributed by atoms with Crippen LogP contribution in [0.2, 0.25) is 0 Å². The third-order valence-electron chi connectivity index (χ3n) is 3.85.